The summed E-state index contributed by atoms with van der Waals surface area (Å²) in [5.74, 6) is 0. The highest BCUT2D eigenvalue weighted by molar-refractivity contribution is 7.53. The van der Waals surface area contributed by atoms with Crippen LogP contribution in [-0.2, 0) is 18.3 Å². The Morgan fingerprint density at radius 1 is 1.26 bits per heavy atom. The highest BCUT2D eigenvalue weighted by Crippen LogP contribution is 2.48. The first kappa shape index (κ1) is 20.1. The Hall–Kier alpha value is -1.66. The lowest BCUT2D eigenvalue weighted by atomic mass is 10.2. The molecular formula is C14H23N5O7P+. The molecule has 0 radical (unpaired) electrons. The number of nitrogens with one attached hydrogen (secondary N) is 3. The van der Waals surface area contributed by atoms with Gasteiger partial charge in [0.15, 0.2) is 18.8 Å². The topological polar surface area (TPSA) is 163 Å². The van der Waals surface area contributed by atoms with Crippen LogP contribution in [0.15, 0.2) is 17.4 Å². The van der Waals surface area contributed by atoms with Gasteiger partial charge in [-0.05, 0) is 13.8 Å². The van der Waals surface area contributed by atoms with E-state index in [1.807, 2.05) is 0 Å². The quantitative estimate of drug-likeness (QED) is 0.272. The molecule has 0 bridgehead atoms. The average molecular weight is 404 g/mol. The van der Waals surface area contributed by atoms with Gasteiger partial charge in [-0.1, -0.05) is 4.98 Å². The predicted octanol–water partition coefficient (Wildman–Crippen LogP) is -1.07. The van der Waals surface area contributed by atoms with Gasteiger partial charge in [-0.2, -0.15) is 0 Å². The Kier molecular flexibility index (Phi) is 6.06. The third-order valence-electron chi connectivity index (χ3n) is 4.11. The van der Waals surface area contributed by atoms with Gasteiger partial charge >= 0.3 is 13.2 Å². The van der Waals surface area contributed by atoms with Gasteiger partial charge in [-0.15, -0.1) is 0 Å². The Balaban J connectivity index is 1.87. The Morgan fingerprint density at radius 2 is 1.96 bits per heavy atom. The summed E-state index contributed by atoms with van der Waals surface area (Å²) in [5, 5.41) is 23.1. The van der Waals surface area contributed by atoms with Crippen molar-refractivity contribution < 1.29 is 33.1 Å². The van der Waals surface area contributed by atoms with Gasteiger partial charge in [0.05, 0.1) is 13.2 Å². The second kappa shape index (κ2) is 8.15. The summed E-state index contributed by atoms with van der Waals surface area (Å²) in [5.41, 5.74) is 0.152. The van der Waals surface area contributed by atoms with Crippen LogP contribution in [0.1, 0.15) is 20.0 Å². The maximum atomic E-state index is 12.6. The van der Waals surface area contributed by atoms with Crippen LogP contribution < -0.4 is 15.4 Å². The molecule has 1 aliphatic rings. The van der Waals surface area contributed by atoms with Crippen LogP contribution in [0.2, 0.25) is 0 Å². The van der Waals surface area contributed by atoms with Crippen LogP contribution >= 0.6 is 7.60 Å². The largest absolute Gasteiger partial charge is 0.386 e. The Morgan fingerprint density at radius 3 is 2.63 bits per heavy atom. The van der Waals surface area contributed by atoms with Crippen molar-refractivity contribution in [2.75, 3.05) is 19.6 Å². The normalized spacial score (nSPS) is 26.1. The molecule has 1 aliphatic heterocycles. The number of aromatic amines is 2. The molecule has 2 aromatic rings. The van der Waals surface area contributed by atoms with Crippen LogP contribution in [-0.4, -0.2) is 63.2 Å². The number of aliphatic hydroxyl groups is 2. The zero-order valence-corrected chi connectivity index (χ0v) is 15.8. The molecule has 0 aliphatic carbocycles. The van der Waals surface area contributed by atoms with Gasteiger partial charge in [0.1, 0.15) is 24.8 Å². The number of fused-ring (bicyclic) bond motifs is 1. The number of rotatable bonds is 8. The lowest BCUT2D eigenvalue weighted by molar-refractivity contribution is -0.711. The van der Waals surface area contributed by atoms with Gasteiger partial charge in [-0.25, -0.2) is 4.57 Å². The molecule has 150 valence electrons. The summed E-state index contributed by atoms with van der Waals surface area (Å²) in [4.78, 5) is 21.2. The Bertz CT molecular complexity index is 876. The van der Waals surface area contributed by atoms with E-state index in [0.29, 0.717) is 5.65 Å². The number of hydrogen-bond donors (Lipinski definition) is 5. The number of aliphatic hydroxyl groups excluding tert-OH is 2. The molecule has 1 fully saturated rings. The summed E-state index contributed by atoms with van der Waals surface area (Å²) in [7, 11) is -3.51. The number of imidazole rings is 1. The van der Waals surface area contributed by atoms with E-state index in [1.165, 1.54) is 17.2 Å². The number of nitrogens with zero attached hydrogens (tertiary/aromatic N) is 2. The maximum Gasteiger partial charge on any atom is 0.356 e. The smallest absolute Gasteiger partial charge is 0.356 e. The second-order valence-corrected chi connectivity index (χ2v) is 7.86. The summed E-state index contributed by atoms with van der Waals surface area (Å²) in [6.07, 6.45) is -2.09. The molecule has 0 aromatic carbocycles. The maximum absolute atomic E-state index is 12.6. The van der Waals surface area contributed by atoms with Crippen LogP contribution in [0.5, 0.6) is 0 Å². The van der Waals surface area contributed by atoms with E-state index < -0.39 is 38.5 Å². The standard InChI is InChI=1S/C14H22N5O7P/c1-3-25-27(23,26-4-2)7-24-10-9(20)14(22)18-12(10)19-6-17-8-11(19)15-5-16-13(8)21/h5-6,9-10,12,14,18,20,22H,3-4,7H2,1-2H3,(H,15,16,21)/p+1/t9-,10+,12-,14+/m0/s1. The van der Waals surface area contributed by atoms with E-state index in [1.54, 1.807) is 13.8 Å². The molecule has 3 heterocycles. The zero-order valence-electron chi connectivity index (χ0n) is 14.9. The minimum atomic E-state index is -3.51. The van der Waals surface area contributed by atoms with E-state index >= 15 is 0 Å². The van der Waals surface area contributed by atoms with Gasteiger partial charge in [0.25, 0.3) is 5.56 Å². The fraction of sp³-hybridized carbons (Fsp3) is 0.643. The molecule has 13 heteroatoms. The van der Waals surface area contributed by atoms with Crippen molar-refractivity contribution in [2.45, 2.75) is 38.4 Å². The molecule has 1 saturated heterocycles. The summed E-state index contributed by atoms with van der Waals surface area (Å²) in [6.45, 7) is 3.69. The van der Waals surface area contributed by atoms with Gasteiger partial charge in [0.2, 0.25) is 5.52 Å². The number of aromatic nitrogens is 4. The van der Waals surface area contributed by atoms with E-state index in [-0.39, 0.29) is 24.3 Å². The molecule has 4 atom stereocenters. The van der Waals surface area contributed by atoms with E-state index in [9.17, 15) is 19.6 Å². The van der Waals surface area contributed by atoms with Gasteiger partial charge < -0.3 is 24.0 Å². The van der Waals surface area contributed by atoms with Crippen molar-refractivity contribution >= 4 is 18.8 Å². The molecule has 0 saturated carbocycles. The first-order valence-electron chi connectivity index (χ1n) is 8.48. The molecule has 12 nitrogen and oxygen atoms in total. The van der Waals surface area contributed by atoms with Crippen LogP contribution in [0.3, 0.4) is 0 Å². The van der Waals surface area contributed by atoms with Crippen molar-refractivity contribution in [1.29, 1.82) is 0 Å². The van der Waals surface area contributed by atoms with Crippen molar-refractivity contribution in [2.24, 2.45) is 0 Å². The van der Waals surface area contributed by atoms with Gasteiger partial charge in [-0.3, -0.25) is 24.6 Å². The summed E-state index contributed by atoms with van der Waals surface area (Å²) < 4.78 is 30.1. The zero-order chi connectivity index (χ0) is 19.6. The number of hydrogen-bond acceptors (Lipinski definition) is 9. The summed E-state index contributed by atoms with van der Waals surface area (Å²) in [6, 6.07) is 0. The first-order chi connectivity index (χ1) is 12.9. The minimum Gasteiger partial charge on any atom is -0.386 e. The molecule has 3 rings (SSSR count). The fourth-order valence-electron chi connectivity index (χ4n) is 2.97. The number of ether oxygens (including phenoxy) is 1. The van der Waals surface area contributed by atoms with Crippen LogP contribution in [0, 0.1) is 0 Å². The minimum absolute atomic E-state index is 0.169. The van der Waals surface area contributed by atoms with E-state index in [0.717, 1.165) is 0 Å². The molecule has 0 spiro atoms. The van der Waals surface area contributed by atoms with E-state index in [4.69, 9.17) is 13.8 Å². The van der Waals surface area contributed by atoms with E-state index in [2.05, 4.69) is 20.3 Å². The molecular weight excluding hydrogens is 381 g/mol. The highest BCUT2D eigenvalue weighted by atomic mass is 31.2. The second-order valence-electron chi connectivity index (χ2n) is 5.86. The molecule has 2 aromatic heterocycles. The van der Waals surface area contributed by atoms with Crippen molar-refractivity contribution in [3.8, 4) is 0 Å². The van der Waals surface area contributed by atoms with Crippen molar-refractivity contribution in [1.82, 2.24) is 20.3 Å². The number of H-pyrrole nitrogens is 2. The lowest BCUT2D eigenvalue weighted by Gasteiger charge is -2.23. The van der Waals surface area contributed by atoms with Crippen molar-refractivity contribution in [3.63, 3.8) is 0 Å². The molecule has 5 N–H and O–H groups in total. The third-order valence-corrected chi connectivity index (χ3v) is 5.88. The SMILES string of the molecule is CCOP(=O)(CO[C@@H]1[C@H](O)[C@@H](O)N[C@H]1[n+]1c[nH]c2c(=O)[nH]cnc21)OCC. The van der Waals surface area contributed by atoms with Crippen LogP contribution in [0.4, 0.5) is 0 Å². The molecule has 0 unspecified atom stereocenters. The van der Waals surface area contributed by atoms with Gasteiger partial charge in [0, 0.05) is 0 Å². The average Bonchev–Trinajstić information content (AvgIpc) is 3.17. The predicted molar refractivity (Wildman–Crippen MR) is 91.7 cm³/mol. The monoisotopic (exact) mass is 404 g/mol. The third kappa shape index (κ3) is 3.97. The molecule has 0 amide bonds. The van der Waals surface area contributed by atoms with Crippen molar-refractivity contribution in [3.05, 3.63) is 23.0 Å². The fourth-order valence-corrected chi connectivity index (χ4v) is 4.33. The molecule has 27 heavy (non-hydrogen) atoms. The van der Waals surface area contributed by atoms with Crippen LogP contribution in [0.25, 0.3) is 11.2 Å². The first-order valence-corrected chi connectivity index (χ1v) is 10.2. The summed E-state index contributed by atoms with van der Waals surface area (Å²) >= 11 is 0. The lowest BCUT2D eigenvalue weighted by Crippen LogP contribution is -2.51. The Labute approximate surface area is 154 Å². The highest BCUT2D eigenvalue weighted by Gasteiger charge is 2.47.